The van der Waals surface area contributed by atoms with Gasteiger partial charge in [0.15, 0.2) is 11.7 Å². The quantitative estimate of drug-likeness (QED) is 0.633. The van der Waals surface area contributed by atoms with Crippen LogP contribution in [0.5, 0.6) is 0 Å². The maximum atomic E-state index is 12.6. The minimum atomic E-state index is -2.35. The van der Waals surface area contributed by atoms with Crippen molar-refractivity contribution in [3.8, 4) is 11.5 Å². The summed E-state index contributed by atoms with van der Waals surface area (Å²) >= 11 is 0. The molecular weight excluding hydrogens is 392 g/mol. The molecule has 0 unspecified atom stereocenters. The van der Waals surface area contributed by atoms with Crippen molar-refractivity contribution in [2.45, 2.75) is 45.1 Å². The van der Waals surface area contributed by atoms with Gasteiger partial charge in [-0.2, -0.15) is 0 Å². The predicted molar refractivity (Wildman–Crippen MR) is 108 cm³/mol. The molecule has 3 aromatic rings. The molecule has 0 aromatic carbocycles. The Morgan fingerprint density at radius 3 is 2.57 bits per heavy atom. The maximum Gasteiger partial charge on any atom is 0.250 e. The smallest absolute Gasteiger partial charge is 0.250 e. The van der Waals surface area contributed by atoms with Gasteiger partial charge in [0.1, 0.15) is 11.5 Å². The lowest BCUT2D eigenvalue weighted by atomic mass is 9.85. The molecule has 0 atom stereocenters. The van der Waals surface area contributed by atoms with Gasteiger partial charge in [0.25, 0.3) is 6.43 Å². The van der Waals surface area contributed by atoms with E-state index in [2.05, 4.69) is 25.6 Å². The minimum absolute atomic E-state index is 0.0486. The fraction of sp³-hybridized carbons (Fsp3) is 0.429. The number of hydrogen-bond donors (Lipinski definition) is 2. The van der Waals surface area contributed by atoms with Crippen molar-refractivity contribution in [3.63, 3.8) is 0 Å². The van der Waals surface area contributed by atoms with Crippen LogP contribution in [0.2, 0.25) is 0 Å². The molecule has 0 saturated heterocycles. The first-order valence-electron chi connectivity index (χ1n) is 9.99. The number of nitrogens with zero attached hydrogens (tertiary/aromatic N) is 3. The Balaban J connectivity index is 1.40. The normalized spacial score (nSPS) is 19.3. The topological polar surface area (TPSA) is 92.9 Å². The maximum absolute atomic E-state index is 12.6. The highest BCUT2D eigenvalue weighted by Gasteiger charge is 2.26. The summed E-state index contributed by atoms with van der Waals surface area (Å²) in [7, 11) is 0. The monoisotopic (exact) mass is 415 g/mol. The highest BCUT2D eigenvalue weighted by Crippen LogP contribution is 2.27. The van der Waals surface area contributed by atoms with E-state index in [4.69, 9.17) is 4.42 Å². The second kappa shape index (κ2) is 8.83. The molecule has 30 heavy (non-hydrogen) atoms. The van der Waals surface area contributed by atoms with Gasteiger partial charge in [0, 0.05) is 36.7 Å². The van der Waals surface area contributed by atoms with E-state index >= 15 is 0 Å². The van der Waals surface area contributed by atoms with Crippen LogP contribution in [0, 0.1) is 12.8 Å². The predicted octanol–water partition coefficient (Wildman–Crippen LogP) is 3.95. The number of amides is 1. The largest absolute Gasteiger partial charge is 0.439 e. The molecule has 0 bridgehead atoms. The Morgan fingerprint density at radius 2 is 1.87 bits per heavy atom. The van der Waals surface area contributed by atoms with E-state index in [0.717, 1.165) is 10.8 Å². The summed E-state index contributed by atoms with van der Waals surface area (Å²) < 4.78 is 30.2. The Hall–Kier alpha value is -2.94. The number of halogens is 2. The van der Waals surface area contributed by atoms with Gasteiger partial charge in [0.05, 0.1) is 12.7 Å². The summed E-state index contributed by atoms with van der Waals surface area (Å²) in [5.74, 6) is 1.38. The fourth-order valence-electron chi connectivity index (χ4n) is 3.76. The van der Waals surface area contributed by atoms with E-state index in [1.807, 2.05) is 6.07 Å². The molecule has 1 saturated carbocycles. The van der Waals surface area contributed by atoms with Crippen LogP contribution in [0.1, 0.15) is 31.6 Å². The summed E-state index contributed by atoms with van der Waals surface area (Å²) in [6.07, 6.45) is 5.39. The van der Waals surface area contributed by atoms with Crippen LogP contribution in [0.15, 0.2) is 35.1 Å². The van der Waals surface area contributed by atoms with Gasteiger partial charge in [0.2, 0.25) is 5.91 Å². The molecule has 1 fully saturated rings. The number of pyridine rings is 2. The molecule has 1 aliphatic rings. The van der Waals surface area contributed by atoms with Gasteiger partial charge in [-0.05, 0) is 43.2 Å². The molecule has 4 rings (SSSR count). The van der Waals surface area contributed by atoms with E-state index in [0.29, 0.717) is 48.8 Å². The first-order valence-corrected chi connectivity index (χ1v) is 9.99. The van der Waals surface area contributed by atoms with Crippen molar-refractivity contribution in [1.82, 2.24) is 20.3 Å². The number of carbonyl (C=O) groups excluding carboxylic acids is 1. The number of fused-ring (bicyclic) bond motifs is 1. The van der Waals surface area contributed by atoms with Gasteiger partial charge < -0.3 is 15.1 Å². The zero-order valence-electron chi connectivity index (χ0n) is 16.6. The number of rotatable bonds is 6. The number of alkyl halides is 2. The van der Waals surface area contributed by atoms with Gasteiger partial charge in [-0.25, -0.2) is 18.7 Å². The van der Waals surface area contributed by atoms with Gasteiger partial charge in [-0.3, -0.25) is 9.78 Å². The summed E-state index contributed by atoms with van der Waals surface area (Å²) in [6.45, 7) is 1.47. The van der Waals surface area contributed by atoms with E-state index < -0.39 is 6.43 Å². The zero-order valence-corrected chi connectivity index (χ0v) is 16.6. The molecule has 2 N–H and O–H groups in total. The number of oxazole rings is 1. The van der Waals surface area contributed by atoms with Crippen LogP contribution >= 0.6 is 0 Å². The standard InChI is InChI=1S/C21H23F2N5O2/c1-12-24-10-18(30-12)17-6-14-7-20(27-9-15(14)8-26-17)28-21(29)13-2-4-16(5-3-13)25-11-19(22)23/h6-10,13,16,19,25H,2-5,11H2,1H3,(H,27,28,29). The van der Waals surface area contributed by atoms with Gasteiger partial charge in [-0.15, -0.1) is 0 Å². The molecular formula is C21H23F2N5O2. The number of aryl methyl sites for hydroxylation is 1. The summed E-state index contributed by atoms with van der Waals surface area (Å²) in [4.78, 5) is 25.4. The molecule has 0 radical (unpaired) electrons. The van der Waals surface area contributed by atoms with Crippen LogP contribution in [-0.2, 0) is 4.79 Å². The number of aromatic nitrogens is 3. The van der Waals surface area contributed by atoms with Crippen molar-refractivity contribution >= 4 is 22.5 Å². The average Bonchev–Trinajstić information content (AvgIpc) is 3.18. The van der Waals surface area contributed by atoms with Crippen molar-refractivity contribution in [1.29, 1.82) is 0 Å². The van der Waals surface area contributed by atoms with Crippen LogP contribution < -0.4 is 10.6 Å². The van der Waals surface area contributed by atoms with Gasteiger partial charge in [-0.1, -0.05) is 0 Å². The first kappa shape index (κ1) is 20.3. The second-order valence-electron chi connectivity index (χ2n) is 7.57. The Kier molecular flexibility index (Phi) is 5.98. The highest BCUT2D eigenvalue weighted by atomic mass is 19.3. The molecule has 3 aromatic heterocycles. The molecule has 158 valence electrons. The summed E-state index contributed by atoms with van der Waals surface area (Å²) in [6, 6.07) is 3.72. The van der Waals surface area contributed by atoms with Crippen molar-refractivity contribution < 1.29 is 18.0 Å². The lowest BCUT2D eigenvalue weighted by molar-refractivity contribution is -0.120. The lowest BCUT2D eigenvalue weighted by Gasteiger charge is -2.28. The van der Waals surface area contributed by atoms with Crippen LogP contribution in [0.25, 0.3) is 22.2 Å². The molecule has 9 heteroatoms. The lowest BCUT2D eigenvalue weighted by Crippen LogP contribution is -2.38. The fourth-order valence-corrected chi connectivity index (χ4v) is 3.76. The van der Waals surface area contributed by atoms with Crippen LogP contribution in [0.3, 0.4) is 0 Å². The molecule has 1 aliphatic carbocycles. The zero-order chi connectivity index (χ0) is 21.1. The Labute approximate surface area is 172 Å². The first-order chi connectivity index (χ1) is 14.5. The molecule has 0 spiro atoms. The van der Waals surface area contributed by atoms with E-state index in [1.54, 1.807) is 31.6 Å². The van der Waals surface area contributed by atoms with Crippen LogP contribution in [-0.4, -0.2) is 39.9 Å². The third-order valence-electron chi connectivity index (χ3n) is 5.39. The molecule has 3 heterocycles. The second-order valence-corrected chi connectivity index (χ2v) is 7.57. The summed E-state index contributed by atoms with van der Waals surface area (Å²) in [5, 5.41) is 7.46. The molecule has 1 amide bonds. The van der Waals surface area contributed by atoms with E-state index in [9.17, 15) is 13.6 Å². The Bertz CT molecular complexity index is 1030. The number of hydrogen-bond acceptors (Lipinski definition) is 6. The number of carbonyl (C=O) groups is 1. The number of anilines is 1. The van der Waals surface area contributed by atoms with E-state index in [1.165, 1.54) is 0 Å². The van der Waals surface area contributed by atoms with Crippen molar-refractivity contribution in [2.24, 2.45) is 5.92 Å². The highest BCUT2D eigenvalue weighted by molar-refractivity contribution is 5.94. The van der Waals surface area contributed by atoms with Crippen LogP contribution in [0.4, 0.5) is 14.6 Å². The number of nitrogens with one attached hydrogen (secondary N) is 2. The minimum Gasteiger partial charge on any atom is -0.439 e. The third-order valence-corrected chi connectivity index (χ3v) is 5.39. The van der Waals surface area contributed by atoms with Gasteiger partial charge >= 0.3 is 0 Å². The third kappa shape index (κ3) is 4.79. The van der Waals surface area contributed by atoms with Crippen molar-refractivity contribution in [2.75, 3.05) is 11.9 Å². The summed E-state index contributed by atoms with van der Waals surface area (Å²) in [5.41, 5.74) is 0.654. The molecule has 7 nitrogen and oxygen atoms in total. The average molecular weight is 415 g/mol. The van der Waals surface area contributed by atoms with Crippen molar-refractivity contribution in [3.05, 3.63) is 36.6 Å². The SMILES string of the molecule is Cc1ncc(-c2cc3cc(NC(=O)C4CCC(NCC(F)F)CC4)ncc3cn2)o1. The Morgan fingerprint density at radius 1 is 1.10 bits per heavy atom. The van der Waals surface area contributed by atoms with E-state index in [-0.39, 0.29) is 24.4 Å². The molecule has 0 aliphatic heterocycles.